The van der Waals surface area contributed by atoms with E-state index in [0.29, 0.717) is 12.1 Å². The number of benzene rings is 1. The van der Waals surface area contributed by atoms with Gasteiger partial charge in [-0.3, -0.25) is 0 Å². The zero-order chi connectivity index (χ0) is 13.2. The third kappa shape index (κ3) is 2.96. The molecule has 1 aromatic heterocycles. The van der Waals surface area contributed by atoms with Gasteiger partial charge in [-0.25, -0.2) is 4.98 Å². The summed E-state index contributed by atoms with van der Waals surface area (Å²) in [6.07, 6.45) is 4.65. The summed E-state index contributed by atoms with van der Waals surface area (Å²) in [6, 6.07) is 7.23. The van der Waals surface area contributed by atoms with Gasteiger partial charge in [0.2, 0.25) is 0 Å². The van der Waals surface area contributed by atoms with Gasteiger partial charge in [0.25, 0.3) is 0 Å². The van der Waals surface area contributed by atoms with Crippen molar-refractivity contribution in [3.8, 4) is 0 Å². The molecule has 4 heteroatoms. The third-order valence-corrected chi connectivity index (χ3v) is 3.93. The summed E-state index contributed by atoms with van der Waals surface area (Å²) in [5, 5.41) is 3.62. The Morgan fingerprint density at radius 1 is 1.32 bits per heavy atom. The van der Waals surface area contributed by atoms with Gasteiger partial charge in [-0.2, -0.15) is 0 Å². The number of nitrogens with two attached hydrogens (primary N) is 1. The van der Waals surface area contributed by atoms with Crippen LogP contribution >= 0.6 is 0 Å². The molecule has 2 aromatic rings. The predicted octanol–water partition coefficient (Wildman–Crippen LogP) is 2.50. The summed E-state index contributed by atoms with van der Waals surface area (Å²) in [5.74, 6) is 0.723. The van der Waals surface area contributed by atoms with Gasteiger partial charge in [0.05, 0.1) is 0 Å². The number of nitrogens with zero attached hydrogens (tertiary/aromatic N) is 1. The third-order valence-electron chi connectivity index (χ3n) is 3.93. The fourth-order valence-electron chi connectivity index (χ4n) is 2.78. The Morgan fingerprint density at radius 3 is 2.89 bits per heavy atom. The van der Waals surface area contributed by atoms with Crippen LogP contribution in [0.3, 0.4) is 0 Å². The SMILES string of the molecule is Cc1nc2cc(CNC3CCC(N)CC3)ccc2o1. The number of aryl methyl sites for hydroxylation is 1. The fourth-order valence-corrected chi connectivity index (χ4v) is 2.78. The highest BCUT2D eigenvalue weighted by atomic mass is 16.3. The highest BCUT2D eigenvalue weighted by Crippen LogP contribution is 2.19. The first-order valence-electron chi connectivity index (χ1n) is 7.06. The lowest BCUT2D eigenvalue weighted by molar-refractivity contribution is 0.342. The summed E-state index contributed by atoms with van der Waals surface area (Å²) >= 11 is 0. The second-order valence-corrected chi connectivity index (χ2v) is 5.53. The molecule has 1 heterocycles. The maximum Gasteiger partial charge on any atom is 0.192 e. The molecule has 102 valence electrons. The van der Waals surface area contributed by atoms with Crippen LogP contribution in [-0.2, 0) is 6.54 Å². The van der Waals surface area contributed by atoms with Crippen LogP contribution < -0.4 is 11.1 Å². The summed E-state index contributed by atoms with van der Waals surface area (Å²) in [4.78, 5) is 4.37. The minimum absolute atomic E-state index is 0.410. The first kappa shape index (κ1) is 12.6. The van der Waals surface area contributed by atoms with E-state index in [1.165, 1.54) is 18.4 Å². The molecule has 3 rings (SSSR count). The van der Waals surface area contributed by atoms with E-state index in [4.69, 9.17) is 10.2 Å². The molecular formula is C15H21N3O. The van der Waals surface area contributed by atoms with Gasteiger partial charge < -0.3 is 15.5 Å². The normalized spacial score (nSPS) is 23.9. The van der Waals surface area contributed by atoms with Crippen LogP contribution in [0.4, 0.5) is 0 Å². The largest absolute Gasteiger partial charge is 0.441 e. The van der Waals surface area contributed by atoms with Gasteiger partial charge in [0.15, 0.2) is 11.5 Å². The molecule has 0 radical (unpaired) electrons. The molecule has 3 N–H and O–H groups in total. The molecule has 4 nitrogen and oxygen atoms in total. The molecule has 0 aliphatic heterocycles. The van der Waals surface area contributed by atoms with E-state index in [9.17, 15) is 0 Å². The zero-order valence-corrected chi connectivity index (χ0v) is 11.4. The van der Waals surface area contributed by atoms with Crippen LogP contribution in [0, 0.1) is 6.92 Å². The Balaban J connectivity index is 1.61. The number of nitrogens with one attached hydrogen (secondary N) is 1. The van der Waals surface area contributed by atoms with E-state index in [1.54, 1.807) is 0 Å². The van der Waals surface area contributed by atoms with Crippen molar-refractivity contribution in [3.63, 3.8) is 0 Å². The molecular weight excluding hydrogens is 238 g/mol. The van der Waals surface area contributed by atoms with Crippen molar-refractivity contribution in [2.24, 2.45) is 5.73 Å². The van der Waals surface area contributed by atoms with Crippen LogP contribution in [0.5, 0.6) is 0 Å². The van der Waals surface area contributed by atoms with Gasteiger partial charge in [-0.15, -0.1) is 0 Å². The summed E-state index contributed by atoms with van der Waals surface area (Å²) in [6.45, 7) is 2.77. The maximum absolute atomic E-state index is 5.92. The minimum atomic E-state index is 0.410. The first-order chi connectivity index (χ1) is 9.20. The number of aromatic nitrogens is 1. The Hall–Kier alpha value is -1.39. The van der Waals surface area contributed by atoms with Crippen molar-refractivity contribution in [3.05, 3.63) is 29.7 Å². The molecule has 0 unspecified atom stereocenters. The molecule has 1 saturated carbocycles. The zero-order valence-electron chi connectivity index (χ0n) is 11.4. The summed E-state index contributed by atoms with van der Waals surface area (Å²) in [7, 11) is 0. The summed E-state index contributed by atoms with van der Waals surface area (Å²) < 4.78 is 5.48. The number of rotatable bonds is 3. The number of oxazole rings is 1. The van der Waals surface area contributed by atoms with Crippen LogP contribution in [0.25, 0.3) is 11.1 Å². The molecule has 0 amide bonds. The van der Waals surface area contributed by atoms with Gasteiger partial charge in [-0.1, -0.05) is 6.07 Å². The Kier molecular flexibility index (Phi) is 3.53. The highest BCUT2D eigenvalue weighted by molar-refractivity contribution is 5.73. The molecule has 1 aromatic carbocycles. The second-order valence-electron chi connectivity index (χ2n) is 5.53. The van der Waals surface area contributed by atoms with Crippen LogP contribution in [-0.4, -0.2) is 17.1 Å². The minimum Gasteiger partial charge on any atom is -0.441 e. The van der Waals surface area contributed by atoms with Crippen molar-refractivity contribution < 1.29 is 4.42 Å². The number of hydrogen-bond donors (Lipinski definition) is 2. The van der Waals surface area contributed by atoms with Crippen molar-refractivity contribution in [1.29, 1.82) is 0 Å². The van der Waals surface area contributed by atoms with Gasteiger partial charge in [0, 0.05) is 25.6 Å². The molecule has 19 heavy (non-hydrogen) atoms. The summed E-state index contributed by atoms with van der Waals surface area (Å²) in [5.41, 5.74) is 8.99. The van der Waals surface area contributed by atoms with Crippen molar-refractivity contribution in [2.75, 3.05) is 0 Å². The number of fused-ring (bicyclic) bond motifs is 1. The molecule has 0 atom stereocenters. The predicted molar refractivity (Wildman–Crippen MR) is 75.8 cm³/mol. The topological polar surface area (TPSA) is 64.1 Å². The second kappa shape index (κ2) is 5.31. The lowest BCUT2D eigenvalue weighted by Crippen LogP contribution is -2.36. The van der Waals surface area contributed by atoms with Gasteiger partial charge >= 0.3 is 0 Å². The van der Waals surface area contributed by atoms with Gasteiger partial charge in [-0.05, 0) is 43.4 Å². The number of hydrogen-bond acceptors (Lipinski definition) is 4. The molecule has 1 aliphatic carbocycles. The molecule has 0 spiro atoms. The first-order valence-corrected chi connectivity index (χ1v) is 7.06. The maximum atomic E-state index is 5.92. The van der Waals surface area contributed by atoms with Crippen molar-refractivity contribution in [2.45, 2.75) is 51.2 Å². The van der Waals surface area contributed by atoms with Gasteiger partial charge in [0.1, 0.15) is 5.52 Å². The van der Waals surface area contributed by atoms with E-state index >= 15 is 0 Å². The Bertz CT molecular complexity index is 556. The Morgan fingerprint density at radius 2 is 2.11 bits per heavy atom. The lowest BCUT2D eigenvalue weighted by Gasteiger charge is -2.26. The van der Waals surface area contributed by atoms with E-state index in [2.05, 4.69) is 22.4 Å². The highest BCUT2D eigenvalue weighted by Gasteiger charge is 2.17. The van der Waals surface area contributed by atoms with E-state index in [1.807, 2.05) is 13.0 Å². The molecule has 0 bridgehead atoms. The monoisotopic (exact) mass is 259 g/mol. The van der Waals surface area contributed by atoms with E-state index in [0.717, 1.165) is 36.4 Å². The quantitative estimate of drug-likeness (QED) is 0.889. The Labute approximate surface area is 113 Å². The van der Waals surface area contributed by atoms with Crippen LogP contribution in [0.2, 0.25) is 0 Å². The fraction of sp³-hybridized carbons (Fsp3) is 0.533. The van der Waals surface area contributed by atoms with E-state index in [-0.39, 0.29) is 0 Å². The standard InChI is InChI=1S/C15H21N3O/c1-10-18-14-8-11(2-7-15(14)19-10)9-17-13-5-3-12(16)4-6-13/h2,7-8,12-13,17H,3-6,9,16H2,1H3. The van der Waals surface area contributed by atoms with Crippen LogP contribution in [0.15, 0.2) is 22.6 Å². The van der Waals surface area contributed by atoms with Crippen molar-refractivity contribution >= 4 is 11.1 Å². The molecule has 1 aliphatic rings. The molecule has 1 fully saturated rings. The van der Waals surface area contributed by atoms with Crippen molar-refractivity contribution in [1.82, 2.24) is 10.3 Å². The lowest BCUT2D eigenvalue weighted by atomic mass is 9.92. The smallest absolute Gasteiger partial charge is 0.192 e. The average molecular weight is 259 g/mol. The van der Waals surface area contributed by atoms with Crippen LogP contribution in [0.1, 0.15) is 37.1 Å². The molecule has 0 saturated heterocycles. The van der Waals surface area contributed by atoms with E-state index < -0.39 is 0 Å². The average Bonchev–Trinajstić information content (AvgIpc) is 2.77.